The fourth-order valence-corrected chi connectivity index (χ4v) is 2.65. The smallest absolute Gasteiger partial charge is 0.271 e. The molecule has 0 fully saturated rings. The van der Waals surface area contributed by atoms with Crippen LogP contribution in [0.5, 0.6) is 5.75 Å². The fraction of sp³-hybridized carbons (Fsp3) is 0.421. The second-order valence-electron chi connectivity index (χ2n) is 6.26. The molecule has 2 rings (SSSR count). The second-order valence-corrected chi connectivity index (χ2v) is 6.61. The lowest BCUT2D eigenvalue weighted by molar-refractivity contribution is 0.0955. The molecule has 1 aromatic carbocycles. The van der Waals surface area contributed by atoms with Crippen molar-refractivity contribution in [2.24, 2.45) is 5.10 Å². The Morgan fingerprint density at radius 1 is 1.38 bits per heavy atom. The number of nitrogens with one attached hydrogen (secondary N) is 1. The van der Waals surface area contributed by atoms with Crippen molar-refractivity contribution in [3.05, 3.63) is 46.2 Å². The Bertz CT molecular complexity index is 767. The Kier molecular flexibility index (Phi) is 7.21. The van der Waals surface area contributed by atoms with Gasteiger partial charge in [0.2, 0.25) is 0 Å². The lowest BCUT2D eigenvalue weighted by Gasteiger charge is -2.09. The van der Waals surface area contributed by atoms with Gasteiger partial charge in [-0.2, -0.15) is 10.2 Å². The zero-order valence-corrected chi connectivity index (χ0v) is 16.4. The Hall–Kier alpha value is -2.34. The zero-order chi connectivity index (χ0) is 19.1. The molecule has 2 aromatic rings. The molecule has 1 amide bonds. The zero-order valence-electron chi connectivity index (χ0n) is 15.6. The summed E-state index contributed by atoms with van der Waals surface area (Å²) in [7, 11) is 0. The third kappa shape index (κ3) is 5.33. The van der Waals surface area contributed by atoms with Gasteiger partial charge in [0, 0.05) is 12.1 Å². The Morgan fingerprint density at radius 2 is 2.08 bits per heavy atom. The summed E-state index contributed by atoms with van der Waals surface area (Å²) >= 11 is 6.34. The highest BCUT2D eigenvalue weighted by Gasteiger charge is 2.11. The van der Waals surface area contributed by atoms with Gasteiger partial charge in [-0.3, -0.25) is 9.48 Å². The van der Waals surface area contributed by atoms with Crippen LogP contribution in [-0.2, 0) is 6.54 Å². The highest BCUT2D eigenvalue weighted by molar-refractivity contribution is 6.32. The maximum atomic E-state index is 12.2. The summed E-state index contributed by atoms with van der Waals surface area (Å²) in [6.45, 7) is 8.65. The number of carbonyl (C=O) groups excluding carboxylic acids is 1. The third-order valence-electron chi connectivity index (χ3n) is 3.68. The van der Waals surface area contributed by atoms with Crippen molar-refractivity contribution < 1.29 is 9.53 Å². The fourth-order valence-electron chi connectivity index (χ4n) is 2.35. The minimum atomic E-state index is -0.301. The number of carbonyl (C=O) groups is 1. The van der Waals surface area contributed by atoms with Gasteiger partial charge in [0.05, 0.1) is 23.6 Å². The molecule has 1 heterocycles. The summed E-state index contributed by atoms with van der Waals surface area (Å²) in [5.74, 6) is 0.423. The molecule has 0 bridgehead atoms. The predicted molar refractivity (Wildman–Crippen MR) is 104 cm³/mol. The first-order chi connectivity index (χ1) is 12.4. The van der Waals surface area contributed by atoms with E-state index in [9.17, 15) is 4.79 Å². The topological polar surface area (TPSA) is 68.5 Å². The molecule has 0 spiro atoms. The molecule has 140 valence electrons. The molecule has 0 radical (unpaired) electrons. The third-order valence-corrected chi connectivity index (χ3v) is 4.08. The van der Waals surface area contributed by atoms with E-state index in [1.807, 2.05) is 20.8 Å². The summed E-state index contributed by atoms with van der Waals surface area (Å²) in [4.78, 5) is 12.2. The number of amides is 1. The minimum absolute atomic E-state index is 0.0884. The van der Waals surface area contributed by atoms with Crippen molar-refractivity contribution in [1.82, 2.24) is 15.2 Å². The number of aryl methyl sites for hydroxylation is 2. The molecule has 1 aromatic heterocycles. The number of hydrazone groups is 1. The van der Waals surface area contributed by atoms with E-state index in [-0.39, 0.29) is 12.0 Å². The molecule has 0 saturated heterocycles. The number of rotatable bonds is 8. The van der Waals surface area contributed by atoms with Crippen LogP contribution in [0.4, 0.5) is 0 Å². The maximum Gasteiger partial charge on any atom is 0.271 e. The minimum Gasteiger partial charge on any atom is -0.491 e. The first kappa shape index (κ1) is 20.0. The maximum absolute atomic E-state index is 12.2. The van der Waals surface area contributed by atoms with Gasteiger partial charge in [0.1, 0.15) is 10.9 Å². The van der Waals surface area contributed by atoms with Gasteiger partial charge in [0.15, 0.2) is 0 Å². The van der Waals surface area contributed by atoms with Crippen LogP contribution in [0.15, 0.2) is 29.4 Å². The van der Waals surface area contributed by atoms with E-state index in [1.165, 1.54) is 6.21 Å². The van der Waals surface area contributed by atoms with Crippen LogP contribution in [0, 0.1) is 6.92 Å². The van der Waals surface area contributed by atoms with Gasteiger partial charge in [-0.25, -0.2) is 5.43 Å². The number of benzene rings is 1. The first-order valence-electron chi connectivity index (χ1n) is 8.75. The van der Waals surface area contributed by atoms with Crippen molar-refractivity contribution in [3.8, 4) is 5.75 Å². The average Bonchev–Trinajstić information content (AvgIpc) is 2.87. The van der Waals surface area contributed by atoms with Gasteiger partial charge in [-0.05, 0) is 51.5 Å². The number of hydrogen-bond acceptors (Lipinski definition) is 4. The highest BCUT2D eigenvalue weighted by atomic mass is 35.5. The Balaban J connectivity index is 1.99. The van der Waals surface area contributed by atoms with Crippen LogP contribution in [0.3, 0.4) is 0 Å². The van der Waals surface area contributed by atoms with Crippen LogP contribution in [0.2, 0.25) is 5.15 Å². The second kappa shape index (κ2) is 9.38. The van der Waals surface area contributed by atoms with E-state index in [1.54, 1.807) is 28.9 Å². The van der Waals surface area contributed by atoms with Crippen LogP contribution in [0.1, 0.15) is 55.2 Å². The normalized spacial score (nSPS) is 11.3. The van der Waals surface area contributed by atoms with Crippen molar-refractivity contribution in [3.63, 3.8) is 0 Å². The SMILES string of the molecule is CCCCn1nc(C)c(/C=N\NC(=O)c2ccc(OC(C)C)cc2)c1Cl. The predicted octanol–water partition coefficient (Wildman–Crippen LogP) is 4.20. The van der Waals surface area contributed by atoms with Gasteiger partial charge >= 0.3 is 0 Å². The number of nitrogens with zero attached hydrogens (tertiary/aromatic N) is 3. The molecule has 6 nitrogen and oxygen atoms in total. The average molecular weight is 377 g/mol. The Labute approximate surface area is 159 Å². The quantitative estimate of drug-likeness (QED) is 0.554. The Morgan fingerprint density at radius 3 is 2.69 bits per heavy atom. The van der Waals surface area contributed by atoms with Crippen molar-refractivity contribution in [1.29, 1.82) is 0 Å². The van der Waals surface area contributed by atoms with Crippen LogP contribution in [-0.4, -0.2) is 28.0 Å². The molecule has 0 aliphatic heterocycles. The number of unbranched alkanes of at least 4 members (excludes halogenated alkanes) is 1. The standard InChI is InChI=1S/C19H25ClN4O2/c1-5-6-11-24-18(20)17(14(4)23-24)12-21-22-19(25)15-7-9-16(10-8-15)26-13(2)3/h7-10,12-13H,5-6,11H2,1-4H3,(H,22,25)/b21-12-. The molecule has 26 heavy (non-hydrogen) atoms. The van der Waals surface area contributed by atoms with Crippen LogP contribution in [0.25, 0.3) is 0 Å². The number of aromatic nitrogens is 2. The summed E-state index contributed by atoms with van der Waals surface area (Å²) in [6.07, 6.45) is 3.69. The number of ether oxygens (including phenoxy) is 1. The van der Waals surface area contributed by atoms with Crippen molar-refractivity contribution in [2.45, 2.75) is 53.2 Å². The van der Waals surface area contributed by atoms with Gasteiger partial charge in [-0.15, -0.1) is 0 Å². The largest absolute Gasteiger partial charge is 0.491 e. The van der Waals surface area contributed by atoms with E-state index < -0.39 is 0 Å². The molecule has 0 unspecified atom stereocenters. The highest BCUT2D eigenvalue weighted by Crippen LogP contribution is 2.18. The molecular weight excluding hydrogens is 352 g/mol. The summed E-state index contributed by atoms with van der Waals surface area (Å²) in [5.41, 5.74) is 4.50. The van der Waals surface area contributed by atoms with E-state index in [0.29, 0.717) is 16.3 Å². The van der Waals surface area contributed by atoms with Crippen molar-refractivity contribution in [2.75, 3.05) is 0 Å². The number of halogens is 1. The monoisotopic (exact) mass is 376 g/mol. The molecule has 1 N–H and O–H groups in total. The van der Waals surface area contributed by atoms with Gasteiger partial charge in [0.25, 0.3) is 5.91 Å². The molecular formula is C19H25ClN4O2. The summed E-state index contributed by atoms with van der Waals surface area (Å²) < 4.78 is 7.32. The first-order valence-corrected chi connectivity index (χ1v) is 9.13. The van der Waals surface area contributed by atoms with E-state index >= 15 is 0 Å². The summed E-state index contributed by atoms with van der Waals surface area (Å²) in [6, 6.07) is 6.92. The molecule has 0 saturated carbocycles. The van der Waals surface area contributed by atoms with Gasteiger partial charge in [-0.1, -0.05) is 24.9 Å². The molecule has 0 aliphatic rings. The molecule has 0 atom stereocenters. The number of hydrogen-bond donors (Lipinski definition) is 1. The van der Waals surface area contributed by atoms with E-state index in [2.05, 4.69) is 22.5 Å². The molecule has 0 aliphatic carbocycles. The van der Waals surface area contributed by atoms with Crippen LogP contribution < -0.4 is 10.2 Å². The molecule has 7 heteroatoms. The van der Waals surface area contributed by atoms with Crippen LogP contribution >= 0.6 is 11.6 Å². The van der Waals surface area contributed by atoms with E-state index in [0.717, 1.165) is 30.8 Å². The van der Waals surface area contributed by atoms with Gasteiger partial charge < -0.3 is 4.74 Å². The van der Waals surface area contributed by atoms with Crippen molar-refractivity contribution >= 4 is 23.7 Å². The summed E-state index contributed by atoms with van der Waals surface area (Å²) in [5, 5.41) is 8.95. The lowest BCUT2D eigenvalue weighted by atomic mass is 10.2. The lowest BCUT2D eigenvalue weighted by Crippen LogP contribution is -2.17. The van der Waals surface area contributed by atoms with E-state index in [4.69, 9.17) is 16.3 Å².